The van der Waals surface area contributed by atoms with Crippen LogP contribution in [0.5, 0.6) is 0 Å². The van der Waals surface area contributed by atoms with Crippen LogP contribution in [-0.4, -0.2) is 29.1 Å². The molecule has 5 heteroatoms. The number of hydrogen-bond acceptors (Lipinski definition) is 3. The number of halogens is 1. The molecule has 1 N–H and O–H groups in total. The molecule has 1 saturated heterocycles. The highest BCUT2D eigenvalue weighted by molar-refractivity contribution is 5.93. The number of pyridine rings is 1. The summed E-state index contributed by atoms with van der Waals surface area (Å²) in [7, 11) is 0. The first-order valence-electron chi connectivity index (χ1n) is 5.69. The fraction of sp³-hybridized carbons (Fsp3) is 0.500. The molecule has 1 aliphatic heterocycles. The van der Waals surface area contributed by atoms with E-state index in [0.717, 1.165) is 24.9 Å². The average molecular weight is 255 g/mol. The predicted molar refractivity (Wildman–Crippen MR) is 66.9 cm³/mol. The Kier molecular flexibility index (Phi) is 3.24. The lowest BCUT2D eigenvalue weighted by Gasteiger charge is -2.28. The third kappa shape index (κ3) is 2.22. The molecule has 4 nitrogen and oxygen atoms in total. The van der Waals surface area contributed by atoms with E-state index in [1.807, 2.05) is 0 Å². The summed E-state index contributed by atoms with van der Waals surface area (Å²) in [6.45, 7) is 1.92. The van der Waals surface area contributed by atoms with Crippen LogP contribution in [0, 0.1) is 11.8 Å². The highest BCUT2D eigenvalue weighted by Gasteiger charge is 2.42. The van der Waals surface area contributed by atoms with Gasteiger partial charge >= 0.3 is 5.97 Å². The highest BCUT2D eigenvalue weighted by atomic mass is 35.5. The number of piperidine rings is 1. The van der Waals surface area contributed by atoms with Gasteiger partial charge in [0.25, 0.3) is 0 Å². The minimum atomic E-state index is -0.888. The topological polar surface area (TPSA) is 53.4 Å². The molecule has 3 rings (SSSR count). The normalized spacial score (nSPS) is 25.8. The number of nitrogens with zero attached hydrogens (tertiary/aromatic N) is 2. The van der Waals surface area contributed by atoms with Gasteiger partial charge in [-0.15, -0.1) is 12.4 Å². The Bertz CT molecular complexity index is 438. The first kappa shape index (κ1) is 12.2. The van der Waals surface area contributed by atoms with Gasteiger partial charge < -0.3 is 10.0 Å². The Hall–Kier alpha value is -1.29. The standard InChI is InChI=1S/C12H14N2O2.ClH/c15-12(16)10-2-1-4-13-11(10)14-5-3-8-6-9(8)7-14;/h1-2,4,8-9H,3,5-7H2,(H,15,16);1H. The van der Waals surface area contributed by atoms with Gasteiger partial charge in [0.1, 0.15) is 11.4 Å². The quantitative estimate of drug-likeness (QED) is 0.878. The summed E-state index contributed by atoms with van der Waals surface area (Å²) in [5.74, 6) is 1.42. The van der Waals surface area contributed by atoms with E-state index < -0.39 is 5.97 Å². The second kappa shape index (κ2) is 4.53. The largest absolute Gasteiger partial charge is 0.478 e. The van der Waals surface area contributed by atoms with Crippen molar-refractivity contribution in [2.24, 2.45) is 11.8 Å². The average Bonchev–Trinajstić information content (AvgIpc) is 3.06. The molecule has 1 saturated carbocycles. The van der Waals surface area contributed by atoms with E-state index in [1.165, 1.54) is 12.8 Å². The molecule has 2 aliphatic rings. The van der Waals surface area contributed by atoms with Crippen LogP contribution in [0.15, 0.2) is 18.3 Å². The number of carboxylic acid groups (broad SMARTS) is 1. The number of carboxylic acids is 1. The molecule has 2 heterocycles. The van der Waals surface area contributed by atoms with Crippen LogP contribution in [-0.2, 0) is 0 Å². The molecule has 1 aliphatic carbocycles. The molecule has 0 spiro atoms. The SMILES string of the molecule is Cl.O=C(O)c1cccnc1N1CCC2CC2C1. The fourth-order valence-electron chi connectivity index (χ4n) is 2.59. The second-order valence-electron chi connectivity index (χ2n) is 4.67. The van der Waals surface area contributed by atoms with Crippen molar-refractivity contribution in [2.75, 3.05) is 18.0 Å². The molecule has 1 aromatic heterocycles. The number of hydrogen-bond donors (Lipinski definition) is 1. The highest BCUT2D eigenvalue weighted by Crippen LogP contribution is 2.45. The molecule has 0 bridgehead atoms. The van der Waals surface area contributed by atoms with Gasteiger partial charge in [-0.25, -0.2) is 9.78 Å². The molecule has 0 amide bonds. The summed E-state index contributed by atoms with van der Waals surface area (Å²) in [5.41, 5.74) is 0.321. The first-order valence-corrected chi connectivity index (χ1v) is 5.69. The zero-order chi connectivity index (χ0) is 11.1. The summed E-state index contributed by atoms with van der Waals surface area (Å²) in [6, 6.07) is 3.31. The molecular formula is C12H15ClN2O2. The molecule has 92 valence electrons. The Balaban J connectivity index is 0.00000108. The monoisotopic (exact) mass is 254 g/mol. The van der Waals surface area contributed by atoms with E-state index in [-0.39, 0.29) is 12.4 Å². The maximum Gasteiger partial charge on any atom is 0.339 e. The van der Waals surface area contributed by atoms with Crippen molar-refractivity contribution in [3.8, 4) is 0 Å². The van der Waals surface area contributed by atoms with Crippen LogP contribution in [0.4, 0.5) is 5.82 Å². The van der Waals surface area contributed by atoms with Crippen LogP contribution in [0.1, 0.15) is 23.2 Å². The van der Waals surface area contributed by atoms with Gasteiger partial charge in [-0.1, -0.05) is 0 Å². The van der Waals surface area contributed by atoms with Gasteiger partial charge in [-0.3, -0.25) is 0 Å². The zero-order valence-electron chi connectivity index (χ0n) is 9.37. The minimum absolute atomic E-state index is 0. The molecular weight excluding hydrogens is 240 g/mol. The summed E-state index contributed by atoms with van der Waals surface area (Å²) in [4.78, 5) is 17.4. The molecule has 2 unspecified atom stereocenters. The van der Waals surface area contributed by atoms with Crippen molar-refractivity contribution in [1.82, 2.24) is 4.98 Å². The van der Waals surface area contributed by atoms with Gasteiger partial charge in [0.15, 0.2) is 0 Å². The van der Waals surface area contributed by atoms with Crippen molar-refractivity contribution in [2.45, 2.75) is 12.8 Å². The number of aromatic nitrogens is 1. The summed E-state index contributed by atoms with van der Waals surface area (Å²) in [5, 5.41) is 9.11. The Morgan fingerprint density at radius 3 is 3.00 bits per heavy atom. The van der Waals surface area contributed by atoms with E-state index in [1.54, 1.807) is 18.3 Å². The van der Waals surface area contributed by atoms with Crippen LogP contribution in [0.3, 0.4) is 0 Å². The Morgan fingerprint density at radius 2 is 2.29 bits per heavy atom. The second-order valence-corrected chi connectivity index (χ2v) is 4.67. The van der Waals surface area contributed by atoms with E-state index in [9.17, 15) is 4.79 Å². The summed E-state index contributed by atoms with van der Waals surface area (Å²) in [6.07, 6.45) is 4.16. The van der Waals surface area contributed by atoms with Crippen LogP contribution in [0.25, 0.3) is 0 Å². The third-order valence-electron chi connectivity index (χ3n) is 3.61. The molecule has 1 aromatic rings. The number of anilines is 1. The minimum Gasteiger partial charge on any atom is -0.478 e. The predicted octanol–water partition coefficient (Wildman–Crippen LogP) is 2.05. The van der Waals surface area contributed by atoms with Crippen molar-refractivity contribution >= 4 is 24.2 Å². The zero-order valence-corrected chi connectivity index (χ0v) is 10.2. The van der Waals surface area contributed by atoms with Crippen molar-refractivity contribution in [3.05, 3.63) is 23.9 Å². The van der Waals surface area contributed by atoms with Crippen LogP contribution in [0.2, 0.25) is 0 Å². The van der Waals surface area contributed by atoms with Crippen LogP contribution >= 0.6 is 12.4 Å². The third-order valence-corrected chi connectivity index (χ3v) is 3.61. The molecule has 17 heavy (non-hydrogen) atoms. The van der Waals surface area contributed by atoms with Gasteiger partial charge in [0.2, 0.25) is 0 Å². The number of aromatic carboxylic acids is 1. The lowest BCUT2D eigenvalue weighted by Crippen LogP contribution is -2.33. The van der Waals surface area contributed by atoms with Crippen molar-refractivity contribution in [3.63, 3.8) is 0 Å². The van der Waals surface area contributed by atoms with Gasteiger partial charge in [-0.05, 0) is 36.8 Å². The maximum atomic E-state index is 11.1. The number of carbonyl (C=O) groups is 1. The van der Waals surface area contributed by atoms with E-state index in [4.69, 9.17) is 5.11 Å². The van der Waals surface area contributed by atoms with Crippen molar-refractivity contribution < 1.29 is 9.90 Å². The lowest BCUT2D eigenvalue weighted by atomic mass is 10.1. The molecule has 0 radical (unpaired) electrons. The van der Waals surface area contributed by atoms with Gasteiger partial charge in [0, 0.05) is 19.3 Å². The molecule has 2 fully saturated rings. The lowest BCUT2D eigenvalue weighted by molar-refractivity contribution is 0.0697. The summed E-state index contributed by atoms with van der Waals surface area (Å²) < 4.78 is 0. The maximum absolute atomic E-state index is 11.1. The molecule has 2 atom stereocenters. The van der Waals surface area contributed by atoms with Crippen LogP contribution < -0.4 is 4.90 Å². The number of fused-ring (bicyclic) bond motifs is 1. The van der Waals surface area contributed by atoms with Gasteiger partial charge in [0.05, 0.1) is 0 Å². The Morgan fingerprint density at radius 1 is 1.47 bits per heavy atom. The first-order chi connectivity index (χ1) is 7.75. The van der Waals surface area contributed by atoms with E-state index >= 15 is 0 Å². The summed E-state index contributed by atoms with van der Waals surface area (Å²) >= 11 is 0. The fourth-order valence-corrected chi connectivity index (χ4v) is 2.59. The smallest absolute Gasteiger partial charge is 0.339 e. The van der Waals surface area contributed by atoms with Gasteiger partial charge in [-0.2, -0.15) is 0 Å². The van der Waals surface area contributed by atoms with E-state index in [2.05, 4.69) is 9.88 Å². The number of rotatable bonds is 2. The Labute approximate surface area is 106 Å². The van der Waals surface area contributed by atoms with E-state index in [0.29, 0.717) is 11.4 Å². The molecule has 0 aromatic carbocycles. The van der Waals surface area contributed by atoms with Crippen molar-refractivity contribution in [1.29, 1.82) is 0 Å².